The zero-order valence-corrected chi connectivity index (χ0v) is 11.4. The van der Waals surface area contributed by atoms with Crippen molar-refractivity contribution in [1.82, 2.24) is 4.98 Å². The van der Waals surface area contributed by atoms with Crippen LogP contribution in [0.3, 0.4) is 0 Å². The van der Waals surface area contributed by atoms with Crippen molar-refractivity contribution in [3.63, 3.8) is 0 Å². The number of ether oxygens (including phenoxy) is 2. The van der Waals surface area contributed by atoms with Crippen LogP contribution in [0.1, 0.15) is 22.9 Å². The van der Waals surface area contributed by atoms with Crippen LogP contribution in [0.5, 0.6) is 11.5 Å². The summed E-state index contributed by atoms with van der Waals surface area (Å²) in [4.78, 5) is 4.32. The van der Waals surface area contributed by atoms with Gasteiger partial charge in [-0.1, -0.05) is 6.07 Å². The molecular weight excluding hydrogens is 240 g/mol. The molecule has 0 bridgehead atoms. The Bertz CT molecular complexity index is 570. The van der Waals surface area contributed by atoms with E-state index in [2.05, 4.69) is 4.98 Å². The Morgan fingerprint density at radius 2 is 1.79 bits per heavy atom. The van der Waals surface area contributed by atoms with Crippen LogP contribution in [-0.4, -0.2) is 19.2 Å². The van der Waals surface area contributed by atoms with Crippen LogP contribution in [0.25, 0.3) is 0 Å². The first-order valence-corrected chi connectivity index (χ1v) is 6.05. The lowest BCUT2D eigenvalue weighted by Crippen LogP contribution is -2.13. The van der Waals surface area contributed by atoms with Gasteiger partial charge < -0.3 is 15.2 Å². The molecule has 1 atom stereocenters. The third-order valence-corrected chi connectivity index (χ3v) is 3.02. The Hall–Kier alpha value is -2.07. The maximum Gasteiger partial charge on any atom is 0.161 e. The molecular formula is C15H18N2O2. The van der Waals surface area contributed by atoms with Gasteiger partial charge in [0.25, 0.3) is 0 Å². The van der Waals surface area contributed by atoms with E-state index < -0.39 is 0 Å². The zero-order valence-electron chi connectivity index (χ0n) is 11.4. The lowest BCUT2D eigenvalue weighted by molar-refractivity contribution is 0.354. The highest BCUT2D eigenvalue weighted by Gasteiger charge is 2.13. The number of rotatable bonds is 4. The molecule has 2 N–H and O–H groups in total. The van der Waals surface area contributed by atoms with Gasteiger partial charge in [0.2, 0.25) is 0 Å². The number of hydrogen-bond acceptors (Lipinski definition) is 4. The van der Waals surface area contributed by atoms with E-state index in [0.29, 0.717) is 11.5 Å². The Balaban J connectivity index is 2.36. The summed E-state index contributed by atoms with van der Waals surface area (Å²) in [6.45, 7) is 2.02. The molecule has 1 heterocycles. The lowest BCUT2D eigenvalue weighted by atomic mass is 10.0. The van der Waals surface area contributed by atoms with Crippen molar-refractivity contribution in [3.8, 4) is 11.5 Å². The molecule has 0 radical (unpaired) electrons. The summed E-state index contributed by atoms with van der Waals surface area (Å²) in [6, 6.07) is 9.32. The summed E-state index contributed by atoms with van der Waals surface area (Å²) in [7, 11) is 3.22. The normalized spacial score (nSPS) is 12.0. The number of aryl methyl sites for hydroxylation is 1. The second kappa shape index (κ2) is 5.71. The van der Waals surface area contributed by atoms with Gasteiger partial charge in [0.15, 0.2) is 11.5 Å². The van der Waals surface area contributed by atoms with Crippen molar-refractivity contribution in [1.29, 1.82) is 0 Å². The molecule has 0 fully saturated rings. The monoisotopic (exact) mass is 258 g/mol. The van der Waals surface area contributed by atoms with Gasteiger partial charge in [-0.05, 0) is 42.3 Å². The van der Waals surface area contributed by atoms with Crippen LogP contribution in [-0.2, 0) is 0 Å². The molecule has 0 spiro atoms. The minimum Gasteiger partial charge on any atom is -0.493 e. The first kappa shape index (κ1) is 13.4. The summed E-state index contributed by atoms with van der Waals surface area (Å²) in [5, 5.41) is 0. The fourth-order valence-corrected chi connectivity index (χ4v) is 1.95. The highest BCUT2D eigenvalue weighted by atomic mass is 16.5. The number of nitrogens with zero attached hydrogens (tertiary/aromatic N) is 1. The van der Waals surface area contributed by atoms with E-state index in [1.165, 1.54) is 0 Å². The minimum atomic E-state index is -0.278. The number of benzene rings is 1. The average molecular weight is 258 g/mol. The largest absolute Gasteiger partial charge is 0.493 e. The second-order valence-corrected chi connectivity index (χ2v) is 4.35. The topological polar surface area (TPSA) is 57.4 Å². The second-order valence-electron chi connectivity index (χ2n) is 4.35. The number of methoxy groups -OCH3 is 2. The lowest BCUT2D eigenvalue weighted by Gasteiger charge is -2.15. The molecule has 1 unspecified atom stereocenters. The summed E-state index contributed by atoms with van der Waals surface area (Å²) in [5.74, 6) is 1.36. The summed E-state index contributed by atoms with van der Waals surface area (Å²) >= 11 is 0. The molecule has 100 valence electrons. The Morgan fingerprint density at radius 3 is 2.42 bits per heavy atom. The molecule has 4 nitrogen and oxygen atoms in total. The maximum absolute atomic E-state index is 6.24. The van der Waals surface area contributed by atoms with Crippen molar-refractivity contribution in [2.24, 2.45) is 5.73 Å². The average Bonchev–Trinajstić information content (AvgIpc) is 2.45. The van der Waals surface area contributed by atoms with Gasteiger partial charge in [-0.3, -0.25) is 4.98 Å². The zero-order chi connectivity index (χ0) is 13.8. The maximum atomic E-state index is 6.24. The predicted molar refractivity (Wildman–Crippen MR) is 74.6 cm³/mol. The summed E-state index contributed by atoms with van der Waals surface area (Å²) in [5.41, 5.74) is 9.16. The van der Waals surface area contributed by atoms with Gasteiger partial charge in [-0.2, -0.15) is 0 Å². The summed E-state index contributed by atoms with van der Waals surface area (Å²) < 4.78 is 10.5. The number of hydrogen-bond donors (Lipinski definition) is 1. The van der Waals surface area contributed by atoms with Crippen LogP contribution in [0.15, 0.2) is 36.5 Å². The van der Waals surface area contributed by atoms with E-state index in [4.69, 9.17) is 15.2 Å². The van der Waals surface area contributed by atoms with Gasteiger partial charge in [-0.15, -0.1) is 0 Å². The molecule has 0 saturated heterocycles. The molecule has 2 rings (SSSR count). The fraction of sp³-hybridized carbons (Fsp3) is 0.267. The number of aromatic nitrogens is 1. The van der Waals surface area contributed by atoms with Crippen molar-refractivity contribution in [3.05, 3.63) is 53.3 Å². The van der Waals surface area contributed by atoms with E-state index in [-0.39, 0.29) is 6.04 Å². The van der Waals surface area contributed by atoms with Crippen molar-refractivity contribution in [2.75, 3.05) is 14.2 Å². The molecule has 0 aliphatic carbocycles. The van der Waals surface area contributed by atoms with Gasteiger partial charge in [-0.25, -0.2) is 0 Å². The van der Waals surface area contributed by atoms with E-state index >= 15 is 0 Å². The van der Waals surface area contributed by atoms with Crippen LogP contribution in [0, 0.1) is 6.92 Å². The van der Waals surface area contributed by atoms with Crippen LogP contribution in [0.4, 0.5) is 0 Å². The van der Waals surface area contributed by atoms with Crippen molar-refractivity contribution < 1.29 is 9.47 Å². The quantitative estimate of drug-likeness (QED) is 0.915. The molecule has 1 aromatic heterocycles. The standard InChI is InChI=1S/C15H18N2O2/c1-10-6-7-17-12(8-10)15(16)11-4-5-13(18-2)14(9-11)19-3/h4-9,15H,16H2,1-3H3. The molecule has 0 aliphatic heterocycles. The molecule has 0 aliphatic rings. The SMILES string of the molecule is COc1ccc(C(N)c2cc(C)ccn2)cc1OC. The molecule has 2 aromatic rings. The molecule has 1 aromatic carbocycles. The molecule has 19 heavy (non-hydrogen) atoms. The fourth-order valence-electron chi connectivity index (χ4n) is 1.95. The molecule has 0 amide bonds. The van der Waals surface area contributed by atoms with Crippen molar-refractivity contribution >= 4 is 0 Å². The van der Waals surface area contributed by atoms with E-state index in [9.17, 15) is 0 Å². The third-order valence-electron chi connectivity index (χ3n) is 3.02. The van der Waals surface area contributed by atoms with E-state index in [1.54, 1.807) is 20.4 Å². The van der Waals surface area contributed by atoms with E-state index in [0.717, 1.165) is 16.8 Å². The smallest absolute Gasteiger partial charge is 0.161 e. The molecule has 0 saturated carbocycles. The highest BCUT2D eigenvalue weighted by molar-refractivity contribution is 5.45. The minimum absolute atomic E-state index is 0.278. The first-order chi connectivity index (χ1) is 9.15. The van der Waals surface area contributed by atoms with Gasteiger partial charge >= 0.3 is 0 Å². The van der Waals surface area contributed by atoms with Crippen LogP contribution < -0.4 is 15.2 Å². The van der Waals surface area contributed by atoms with Crippen molar-refractivity contribution in [2.45, 2.75) is 13.0 Å². The number of pyridine rings is 1. The number of nitrogens with two attached hydrogens (primary N) is 1. The Kier molecular flexibility index (Phi) is 4.02. The first-order valence-electron chi connectivity index (χ1n) is 6.05. The molecule has 4 heteroatoms. The highest BCUT2D eigenvalue weighted by Crippen LogP contribution is 2.30. The van der Waals surface area contributed by atoms with Crippen LogP contribution in [0.2, 0.25) is 0 Å². The van der Waals surface area contributed by atoms with Gasteiger partial charge in [0.1, 0.15) is 0 Å². The van der Waals surface area contributed by atoms with Gasteiger partial charge in [0.05, 0.1) is 26.0 Å². The van der Waals surface area contributed by atoms with E-state index in [1.807, 2.05) is 37.3 Å². The Labute approximate surface area is 113 Å². The predicted octanol–water partition coefficient (Wildman–Crippen LogP) is 2.46. The van der Waals surface area contributed by atoms with Gasteiger partial charge in [0, 0.05) is 6.20 Å². The van der Waals surface area contributed by atoms with Crippen LogP contribution >= 0.6 is 0 Å². The third kappa shape index (κ3) is 2.85. The Morgan fingerprint density at radius 1 is 1.05 bits per heavy atom. The summed E-state index contributed by atoms with van der Waals surface area (Å²) in [6.07, 6.45) is 1.77.